The summed E-state index contributed by atoms with van der Waals surface area (Å²) in [5.41, 5.74) is 3.52. The van der Waals surface area contributed by atoms with Crippen LogP contribution in [-0.2, 0) is 11.2 Å². The van der Waals surface area contributed by atoms with Crippen molar-refractivity contribution in [1.82, 2.24) is 0 Å². The van der Waals surface area contributed by atoms with E-state index < -0.39 is 5.97 Å². The highest BCUT2D eigenvalue weighted by Crippen LogP contribution is 2.28. The fraction of sp³-hybridized carbons (Fsp3) is 0.308. The van der Waals surface area contributed by atoms with Crippen LogP contribution in [-0.4, -0.2) is 11.1 Å². The van der Waals surface area contributed by atoms with Gasteiger partial charge < -0.3 is 5.11 Å². The smallest absolute Gasteiger partial charge is 0.310 e. The lowest BCUT2D eigenvalue weighted by Gasteiger charge is -2.18. The molecule has 0 amide bonds. The number of carbonyl (C=O) groups is 1. The quantitative estimate of drug-likeness (QED) is 0.800. The first-order valence-electron chi connectivity index (χ1n) is 5.19. The Balaban J connectivity index is 2.33. The summed E-state index contributed by atoms with van der Waals surface area (Å²) in [5.74, 6) is -1.10. The van der Waals surface area contributed by atoms with Crippen LogP contribution in [0.25, 0.3) is 6.08 Å². The molecule has 0 saturated carbocycles. The Morgan fingerprint density at radius 2 is 2.07 bits per heavy atom. The van der Waals surface area contributed by atoms with Gasteiger partial charge in [-0.3, -0.25) is 4.79 Å². The predicted molar refractivity (Wildman–Crippen MR) is 59.5 cm³/mol. The van der Waals surface area contributed by atoms with Gasteiger partial charge in [-0.1, -0.05) is 35.9 Å². The third-order valence-electron chi connectivity index (χ3n) is 3.01. The topological polar surface area (TPSA) is 37.3 Å². The minimum absolute atomic E-state index is 0.363. The Labute approximate surface area is 89.2 Å². The number of hydrogen-bond acceptors (Lipinski definition) is 1. The molecule has 1 N–H and O–H groups in total. The summed E-state index contributed by atoms with van der Waals surface area (Å²) in [6.07, 6.45) is 3.85. The zero-order chi connectivity index (χ0) is 10.8. The maximum atomic E-state index is 10.9. The van der Waals surface area contributed by atoms with Crippen molar-refractivity contribution >= 4 is 12.0 Å². The van der Waals surface area contributed by atoms with Crippen LogP contribution in [0.1, 0.15) is 24.5 Å². The maximum absolute atomic E-state index is 10.9. The summed E-state index contributed by atoms with van der Waals surface area (Å²) in [7, 11) is 0. The molecule has 2 rings (SSSR count). The van der Waals surface area contributed by atoms with Gasteiger partial charge in [-0.25, -0.2) is 0 Å². The van der Waals surface area contributed by atoms with E-state index in [-0.39, 0.29) is 5.92 Å². The van der Waals surface area contributed by atoms with Crippen LogP contribution < -0.4 is 0 Å². The molecule has 0 aliphatic heterocycles. The zero-order valence-electron chi connectivity index (χ0n) is 8.73. The van der Waals surface area contributed by atoms with Crippen molar-refractivity contribution in [2.45, 2.75) is 19.8 Å². The van der Waals surface area contributed by atoms with Crippen LogP contribution in [0.3, 0.4) is 0 Å². The molecule has 2 nitrogen and oxygen atoms in total. The van der Waals surface area contributed by atoms with Crippen molar-refractivity contribution in [2.75, 3.05) is 0 Å². The first kappa shape index (κ1) is 9.97. The Kier molecular flexibility index (Phi) is 2.58. The maximum Gasteiger partial charge on any atom is 0.310 e. The predicted octanol–water partition coefficient (Wildman–Crippen LogP) is 2.74. The van der Waals surface area contributed by atoms with E-state index >= 15 is 0 Å². The normalized spacial score (nSPS) is 16.5. The van der Waals surface area contributed by atoms with E-state index in [1.165, 1.54) is 11.1 Å². The van der Waals surface area contributed by atoms with Crippen LogP contribution in [0.15, 0.2) is 29.8 Å². The molecule has 0 spiro atoms. The summed E-state index contributed by atoms with van der Waals surface area (Å²) in [4.78, 5) is 10.9. The van der Waals surface area contributed by atoms with E-state index in [1.54, 1.807) is 6.92 Å². The monoisotopic (exact) mass is 202 g/mol. The number of rotatable bonds is 2. The molecule has 0 aromatic heterocycles. The fourth-order valence-electron chi connectivity index (χ4n) is 1.95. The van der Waals surface area contributed by atoms with Crippen LogP contribution >= 0.6 is 0 Å². The molecule has 15 heavy (non-hydrogen) atoms. The minimum atomic E-state index is -0.736. The summed E-state index contributed by atoms with van der Waals surface area (Å²) in [6, 6.07) is 8.17. The Bertz CT molecular complexity index is 418. The number of carboxylic acid groups (broad SMARTS) is 1. The number of aliphatic carboxylic acids is 1. The van der Waals surface area contributed by atoms with Gasteiger partial charge in [-0.15, -0.1) is 0 Å². The van der Waals surface area contributed by atoms with Crippen molar-refractivity contribution in [1.29, 1.82) is 0 Å². The van der Waals surface area contributed by atoms with Crippen LogP contribution in [0, 0.1) is 5.92 Å². The average Bonchev–Trinajstić information content (AvgIpc) is 2.27. The van der Waals surface area contributed by atoms with E-state index in [1.807, 2.05) is 24.3 Å². The van der Waals surface area contributed by atoms with Gasteiger partial charge in [0.1, 0.15) is 0 Å². The molecule has 1 aromatic carbocycles. The first-order valence-corrected chi connectivity index (χ1v) is 5.19. The fourth-order valence-corrected chi connectivity index (χ4v) is 1.95. The van der Waals surface area contributed by atoms with Gasteiger partial charge in [0, 0.05) is 0 Å². The van der Waals surface area contributed by atoms with Crippen molar-refractivity contribution in [3.05, 3.63) is 41.0 Å². The molecule has 1 aromatic rings. The molecular weight excluding hydrogens is 188 g/mol. The Morgan fingerprint density at radius 1 is 1.33 bits per heavy atom. The van der Waals surface area contributed by atoms with Gasteiger partial charge in [0.15, 0.2) is 0 Å². The highest BCUT2D eigenvalue weighted by Gasteiger charge is 2.19. The Morgan fingerprint density at radius 3 is 2.80 bits per heavy atom. The SMILES string of the molecule is CC(C(=O)O)C1=Cc2ccccc2CC1. The molecule has 0 fully saturated rings. The summed E-state index contributed by atoms with van der Waals surface area (Å²) in [5, 5.41) is 8.94. The molecule has 1 aliphatic carbocycles. The van der Waals surface area contributed by atoms with Gasteiger partial charge in [0.05, 0.1) is 5.92 Å². The van der Waals surface area contributed by atoms with Crippen molar-refractivity contribution in [3.8, 4) is 0 Å². The third-order valence-corrected chi connectivity index (χ3v) is 3.01. The second-order valence-electron chi connectivity index (χ2n) is 3.98. The lowest BCUT2D eigenvalue weighted by Crippen LogP contribution is -2.14. The second kappa shape index (κ2) is 3.89. The van der Waals surface area contributed by atoms with E-state index in [9.17, 15) is 4.79 Å². The lowest BCUT2D eigenvalue weighted by atomic mass is 9.86. The molecular formula is C13H14O2. The third kappa shape index (κ3) is 1.94. The number of aryl methyl sites for hydroxylation is 1. The molecule has 78 valence electrons. The standard InChI is InChI=1S/C13H14O2/c1-9(13(14)15)11-7-6-10-4-2-3-5-12(10)8-11/h2-5,8-9H,6-7H2,1H3,(H,14,15). The molecule has 1 atom stereocenters. The first-order chi connectivity index (χ1) is 7.18. The zero-order valence-corrected chi connectivity index (χ0v) is 8.73. The minimum Gasteiger partial charge on any atom is -0.481 e. The van der Waals surface area contributed by atoms with Gasteiger partial charge in [0.2, 0.25) is 0 Å². The number of carboxylic acids is 1. The Hall–Kier alpha value is -1.57. The largest absolute Gasteiger partial charge is 0.481 e. The van der Waals surface area contributed by atoms with E-state index in [4.69, 9.17) is 5.11 Å². The van der Waals surface area contributed by atoms with Crippen LogP contribution in [0.5, 0.6) is 0 Å². The molecule has 2 heteroatoms. The highest BCUT2D eigenvalue weighted by atomic mass is 16.4. The highest BCUT2D eigenvalue weighted by molar-refractivity contribution is 5.76. The summed E-state index contributed by atoms with van der Waals surface area (Å²) in [6.45, 7) is 1.75. The molecule has 0 bridgehead atoms. The second-order valence-corrected chi connectivity index (χ2v) is 3.98. The van der Waals surface area contributed by atoms with Crippen molar-refractivity contribution in [2.24, 2.45) is 5.92 Å². The molecule has 1 aliphatic rings. The van der Waals surface area contributed by atoms with Crippen molar-refractivity contribution in [3.63, 3.8) is 0 Å². The van der Waals surface area contributed by atoms with Crippen LogP contribution in [0.2, 0.25) is 0 Å². The average molecular weight is 202 g/mol. The molecule has 0 saturated heterocycles. The van der Waals surface area contributed by atoms with E-state index in [0.717, 1.165) is 18.4 Å². The van der Waals surface area contributed by atoms with Gasteiger partial charge in [0.25, 0.3) is 0 Å². The van der Waals surface area contributed by atoms with Gasteiger partial charge in [-0.2, -0.15) is 0 Å². The van der Waals surface area contributed by atoms with Crippen LogP contribution in [0.4, 0.5) is 0 Å². The molecule has 1 unspecified atom stereocenters. The summed E-state index contributed by atoms with van der Waals surface area (Å²) < 4.78 is 0. The van der Waals surface area contributed by atoms with Gasteiger partial charge in [-0.05, 0) is 30.9 Å². The number of benzene rings is 1. The number of fused-ring (bicyclic) bond motifs is 1. The number of hydrogen-bond donors (Lipinski definition) is 1. The van der Waals surface area contributed by atoms with E-state index in [0.29, 0.717) is 0 Å². The van der Waals surface area contributed by atoms with E-state index in [2.05, 4.69) is 6.07 Å². The summed E-state index contributed by atoms with van der Waals surface area (Å²) >= 11 is 0. The lowest BCUT2D eigenvalue weighted by molar-refractivity contribution is -0.139. The molecule has 0 heterocycles. The molecule has 0 radical (unpaired) electrons. The van der Waals surface area contributed by atoms with Crippen molar-refractivity contribution < 1.29 is 9.90 Å². The van der Waals surface area contributed by atoms with Gasteiger partial charge >= 0.3 is 5.97 Å².